The van der Waals surface area contributed by atoms with Gasteiger partial charge >= 0.3 is 0 Å². The van der Waals surface area contributed by atoms with Crippen LogP contribution in [0.25, 0.3) is 0 Å². The Kier molecular flexibility index (Phi) is 3.01. The van der Waals surface area contributed by atoms with Crippen LogP contribution in [0.15, 0.2) is 17.0 Å². The summed E-state index contributed by atoms with van der Waals surface area (Å²) in [6.45, 7) is 1.87. The average molecular weight is 277 g/mol. The third-order valence-corrected chi connectivity index (χ3v) is 3.60. The number of fused-ring (bicyclic) bond motifs is 1. The van der Waals surface area contributed by atoms with Crippen molar-refractivity contribution in [3.63, 3.8) is 0 Å². The van der Waals surface area contributed by atoms with Gasteiger partial charge in [0.1, 0.15) is 18.1 Å². The van der Waals surface area contributed by atoms with Crippen LogP contribution in [-0.4, -0.2) is 27.4 Å². The molecular formula is C10H9ClO5S. The Labute approximate surface area is 103 Å². The quantitative estimate of drug-likeness (QED) is 0.606. The normalized spacial score (nSPS) is 14.5. The first-order valence-corrected chi connectivity index (χ1v) is 7.10. The number of carbonyl (C=O) groups excluding carboxylic acids is 1. The van der Waals surface area contributed by atoms with Crippen LogP contribution in [0, 0.1) is 0 Å². The van der Waals surface area contributed by atoms with Gasteiger partial charge in [-0.25, -0.2) is 8.42 Å². The van der Waals surface area contributed by atoms with Gasteiger partial charge in [-0.1, -0.05) is 0 Å². The molecule has 0 amide bonds. The summed E-state index contributed by atoms with van der Waals surface area (Å²) >= 11 is 0. The van der Waals surface area contributed by atoms with Crippen molar-refractivity contribution in [1.29, 1.82) is 0 Å². The molecule has 2 rings (SSSR count). The number of rotatable bonds is 2. The fourth-order valence-electron chi connectivity index (χ4n) is 1.51. The fourth-order valence-corrected chi connectivity index (χ4v) is 2.50. The zero-order valence-corrected chi connectivity index (χ0v) is 10.5. The van der Waals surface area contributed by atoms with Crippen LogP contribution in [0.3, 0.4) is 0 Å². The second kappa shape index (κ2) is 4.19. The first-order valence-electron chi connectivity index (χ1n) is 4.79. The minimum atomic E-state index is -3.99. The van der Waals surface area contributed by atoms with Gasteiger partial charge in [-0.05, 0) is 19.1 Å². The van der Waals surface area contributed by atoms with Crippen LogP contribution in [0.1, 0.15) is 17.3 Å². The second-order valence-corrected chi connectivity index (χ2v) is 6.03. The third kappa shape index (κ3) is 2.37. The zero-order chi connectivity index (χ0) is 12.6. The van der Waals surface area contributed by atoms with Crippen molar-refractivity contribution in [2.75, 3.05) is 13.2 Å². The minimum Gasteiger partial charge on any atom is -0.486 e. The van der Waals surface area contributed by atoms with Crippen molar-refractivity contribution >= 4 is 25.5 Å². The lowest BCUT2D eigenvalue weighted by Crippen LogP contribution is -2.17. The highest BCUT2D eigenvalue weighted by molar-refractivity contribution is 8.13. The number of Topliss-reactive ketones (excluding diaryl/α,β-unsaturated/α-hetero) is 1. The van der Waals surface area contributed by atoms with Crippen molar-refractivity contribution in [3.8, 4) is 11.5 Å². The van der Waals surface area contributed by atoms with Crippen LogP contribution >= 0.6 is 10.7 Å². The van der Waals surface area contributed by atoms with Crippen molar-refractivity contribution in [2.45, 2.75) is 11.8 Å². The van der Waals surface area contributed by atoms with E-state index in [-0.39, 0.29) is 34.3 Å². The molecule has 0 radical (unpaired) electrons. The topological polar surface area (TPSA) is 69.7 Å². The monoisotopic (exact) mass is 276 g/mol. The molecule has 1 aromatic carbocycles. The molecule has 5 nitrogen and oxygen atoms in total. The average Bonchev–Trinajstić information content (AvgIpc) is 2.26. The summed E-state index contributed by atoms with van der Waals surface area (Å²) in [6.07, 6.45) is 0. The van der Waals surface area contributed by atoms with E-state index in [9.17, 15) is 13.2 Å². The van der Waals surface area contributed by atoms with Gasteiger partial charge in [-0.2, -0.15) is 0 Å². The first kappa shape index (κ1) is 12.2. The molecule has 0 spiro atoms. The molecule has 7 heteroatoms. The molecule has 1 aromatic rings. The molecule has 0 saturated heterocycles. The Morgan fingerprint density at radius 3 is 2.53 bits per heavy atom. The molecule has 0 aliphatic carbocycles. The van der Waals surface area contributed by atoms with E-state index in [1.807, 2.05) is 0 Å². The third-order valence-electron chi connectivity index (χ3n) is 2.28. The van der Waals surface area contributed by atoms with Gasteiger partial charge < -0.3 is 9.47 Å². The Balaban J connectivity index is 2.71. The van der Waals surface area contributed by atoms with Crippen molar-refractivity contribution in [1.82, 2.24) is 0 Å². The molecule has 1 aliphatic heterocycles. The van der Waals surface area contributed by atoms with Crippen LogP contribution < -0.4 is 9.47 Å². The molecule has 0 saturated carbocycles. The largest absolute Gasteiger partial charge is 0.486 e. The predicted molar refractivity (Wildman–Crippen MR) is 60.5 cm³/mol. The maximum Gasteiger partial charge on any atom is 0.265 e. The number of hydrogen-bond donors (Lipinski definition) is 0. The SMILES string of the molecule is CC(=O)c1cc2c(c(S(=O)(=O)Cl)c1)OCCO2. The molecule has 1 aliphatic rings. The van der Waals surface area contributed by atoms with E-state index in [1.165, 1.54) is 19.1 Å². The number of ether oxygens (including phenoxy) is 2. The summed E-state index contributed by atoms with van der Waals surface area (Å²) in [5.41, 5.74) is 0.216. The van der Waals surface area contributed by atoms with Gasteiger partial charge in [-0.15, -0.1) is 0 Å². The van der Waals surface area contributed by atoms with E-state index in [4.69, 9.17) is 20.2 Å². The fraction of sp³-hybridized carbons (Fsp3) is 0.300. The number of benzene rings is 1. The number of halogens is 1. The first-order chi connectivity index (χ1) is 7.89. The molecule has 92 valence electrons. The Morgan fingerprint density at radius 1 is 1.29 bits per heavy atom. The zero-order valence-electron chi connectivity index (χ0n) is 8.90. The van der Waals surface area contributed by atoms with Crippen LogP contribution in [0.5, 0.6) is 11.5 Å². The lowest BCUT2D eigenvalue weighted by atomic mass is 10.1. The molecule has 1 heterocycles. The number of ketones is 1. The molecule has 0 N–H and O–H groups in total. The molecular weight excluding hydrogens is 268 g/mol. The maximum atomic E-state index is 11.4. The van der Waals surface area contributed by atoms with Crippen molar-refractivity contribution in [3.05, 3.63) is 17.7 Å². The van der Waals surface area contributed by atoms with Crippen LogP contribution in [0.2, 0.25) is 0 Å². The number of hydrogen-bond acceptors (Lipinski definition) is 5. The number of carbonyl (C=O) groups is 1. The van der Waals surface area contributed by atoms with E-state index < -0.39 is 9.05 Å². The van der Waals surface area contributed by atoms with E-state index in [1.54, 1.807) is 0 Å². The molecule has 0 atom stereocenters. The molecule has 0 bridgehead atoms. The van der Waals surface area contributed by atoms with Crippen LogP contribution in [-0.2, 0) is 9.05 Å². The van der Waals surface area contributed by atoms with E-state index >= 15 is 0 Å². The van der Waals surface area contributed by atoms with Gasteiger partial charge in [0.15, 0.2) is 17.3 Å². The molecule has 0 unspecified atom stereocenters. The van der Waals surface area contributed by atoms with Gasteiger partial charge in [0.25, 0.3) is 9.05 Å². The second-order valence-electron chi connectivity index (χ2n) is 3.49. The van der Waals surface area contributed by atoms with Crippen molar-refractivity contribution in [2.24, 2.45) is 0 Å². The highest BCUT2D eigenvalue weighted by atomic mass is 35.7. The highest BCUT2D eigenvalue weighted by Crippen LogP contribution is 2.39. The van der Waals surface area contributed by atoms with E-state index in [0.29, 0.717) is 6.61 Å². The standard InChI is InChI=1S/C10H9ClO5S/c1-6(12)7-4-8-10(16-3-2-15-8)9(5-7)17(11,13)14/h4-5H,2-3H2,1H3. The summed E-state index contributed by atoms with van der Waals surface area (Å²) in [5.74, 6) is 0.0166. The minimum absolute atomic E-state index is 0.0660. The maximum absolute atomic E-state index is 11.4. The summed E-state index contributed by atoms with van der Waals surface area (Å²) in [4.78, 5) is 11.0. The summed E-state index contributed by atoms with van der Waals surface area (Å²) in [5, 5.41) is 0. The smallest absolute Gasteiger partial charge is 0.265 e. The Morgan fingerprint density at radius 2 is 1.94 bits per heavy atom. The predicted octanol–water partition coefficient (Wildman–Crippen LogP) is 1.59. The highest BCUT2D eigenvalue weighted by Gasteiger charge is 2.25. The van der Waals surface area contributed by atoms with E-state index in [0.717, 1.165) is 0 Å². The molecule has 0 fully saturated rings. The Bertz CT molecular complexity index is 579. The lowest BCUT2D eigenvalue weighted by molar-refractivity contribution is 0.101. The van der Waals surface area contributed by atoms with Crippen LogP contribution in [0.4, 0.5) is 0 Å². The van der Waals surface area contributed by atoms with Crippen molar-refractivity contribution < 1.29 is 22.7 Å². The van der Waals surface area contributed by atoms with Gasteiger partial charge in [-0.3, -0.25) is 4.79 Å². The summed E-state index contributed by atoms with van der Waals surface area (Å²) in [6, 6.07) is 2.64. The van der Waals surface area contributed by atoms with Gasteiger partial charge in [0.05, 0.1) is 0 Å². The molecule has 0 aromatic heterocycles. The lowest BCUT2D eigenvalue weighted by Gasteiger charge is -2.20. The Hall–Kier alpha value is -1.27. The van der Waals surface area contributed by atoms with E-state index in [2.05, 4.69) is 0 Å². The summed E-state index contributed by atoms with van der Waals surface area (Å²) in [7, 11) is 1.31. The molecule has 17 heavy (non-hydrogen) atoms. The van der Waals surface area contributed by atoms with Gasteiger partial charge in [0, 0.05) is 16.2 Å². The summed E-state index contributed by atoms with van der Waals surface area (Å²) < 4.78 is 33.3. The van der Waals surface area contributed by atoms with Gasteiger partial charge in [0.2, 0.25) is 0 Å².